The lowest BCUT2D eigenvalue weighted by Crippen LogP contribution is -2.09. The van der Waals surface area contributed by atoms with Crippen molar-refractivity contribution in [2.24, 2.45) is 11.7 Å². The van der Waals surface area contributed by atoms with Crippen LogP contribution in [0.1, 0.15) is 12.7 Å². The van der Waals surface area contributed by atoms with E-state index in [1.807, 2.05) is 35.8 Å². The predicted molar refractivity (Wildman–Crippen MR) is 82.8 cm³/mol. The van der Waals surface area contributed by atoms with Crippen LogP contribution in [0.4, 0.5) is 0 Å². The lowest BCUT2D eigenvalue weighted by Gasteiger charge is -2.11. The van der Waals surface area contributed by atoms with E-state index >= 15 is 0 Å². The third-order valence-electron chi connectivity index (χ3n) is 3.02. The summed E-state index contributed by atoms with van der Waals surface area (Å²) in [4.78, 5) is 0. The summed E-state index contributed by atoms with van der Waals surface area (Å²) in [6.45, 7) is 2.47. The molecule has 3 N–H and O–H groups in total. The number of aliphatic hydroxyl groups is 1. The van der Waals surface area contributed by atoms with Crippen LogP contribution in [0.25, 0.3) is 5.69 Å². The van der Waals surface area contributed by atoms with Crippen LogP contribution in [0.3, 0.4) is 0 Å². The highest BCUT2D eigenvalue weighted by Gasteiger charge is 2.14. The number of benzene rings is 1. The van der Waals surface area contributed by atoms with E-state index in [1.54, 1.807) is 18.9 Å². The van der Waals surface area contributed by atoms with Crippen LogP contribution in [-0.4, -0.2) is 39.3 Å². The van der Waals surface area contributed by atoms with Gasteiger partial charge >= 0.3 is 0 Å². The van der Waals surface area contributed by atoms with E-state index in [-0.39, 0.29) is 12.5 Å². The quantitative estimate of drug-likeness (QED) is 0.753. The molecule has 0 amide bonds. The number of nitrogens with zero attached hydrogens (tertiary/aromatic N) is 3. The third-order valence-corrected chi connectivity index (χ3v) is 4.28. The second-order valence-electron chi connectivity index (χ2n) is 4.74. The van der Waals surface area contributed by atoms with Gasteiger partial charge in [0.1, 0.15) is 5.75 Å². The Morgan fingerprint density at radius 1 is 1.33 bits per heavy atom. The molecule has 0 aliphatic heterocycles. The van der Waals surface area contributed by atoms with Gasteiger partial charge in [-0.2, -0.15) is 0 Å². The molecule has 0 saturated carbocycles. The van der Waals surface area contributed by atoms with Gasteiger partial charge in [-0.15, -0.1) is 10.2 Å². The molecule has 2 aromatic rings. The minimum atomic E-state index is 0.160. The Kier molecular flexibility index (Phi) is 5.60. The second kappa shape index (κ2) is 7.44. The molecule has 2 rings (SSSR count). The molecule has 0 bridgehead atoms. The smallest absolute Gasteiger partial charge is 0.195 e. The molecule has 6 nitrogen and oxygen atoms in total. The second-order valence-corrected chi connectivity index (χ2v) is 5.72. The van der Waals surface area contributed by atoms with Crippen LogP contribution in [0.15, 0.2) is 29.4 Å². The number of aliphatic hydroxyl groups excluding tert-OH is 1. The van der Waals surface area contributed by atoms with Crippen LogP contribution < -0.4 is 10.5 Å². The molecule has 0 unspecified atom stereocenters. The maximum atomic E-state index is 9.12. The van der Waals surface area contributed by atoms with Crippen molar-refractivity contribution in [3.05, 3.63) is 30.1 Å². The van der Waals surface area contributed by atoms with Gasteiger partial charge in [0.05, 0.1) is 13.7 Å². The largest absolute Gasteiger partial charge is 0.497 e. The van der Waals surface area contributed by atoms with Crippen molar-refractivity contribution < 1.29 is 9.84 Å². The van der Waals surface area contributed by atoms with Crippen molar-refractivity contribution in [2.45, 2.75) is 18.6 Å². The number of aromatic nitrogens is 3. The molecular formula is C14H20N4O2S. The first kappa shape index (κ1) is 15.8. The molecule has 0 aliphatic rings. The van der Waals surface area contributed by atoms with Crippen LogP contribution >= 0.6 is 11.8 Å². The lowest BCUT2D eigenvalue weighted by atomic mass is 10.2. The normalized spacial score (nSPS) is 12.4. The first-order valence-corrected chi connectivity index (χ1v) is 7.70. The van der Waals surface area contributed by atoms with Crippen molar-refractivity contribution >= 4 is 11.8 Å². The molecular weight excluding hydrogens is 288 g/mol. The Balaban J connectivity index is 2.28. The van der Waals surface area contributed by atoms with E-state index in [2.05, 4.69) is 10.2 Å². The zero-order valence-electron chi connectivity index (χ0n) is 12.2. The van der Waals surface area contributed by atoms with Crippen molar-refractivity contribution in [3.8, 4) is 11.4 Å². The van der Waals surface area contributed by atoms with Crippen molar-refractivity contribution in [3.63, 3.8) is 0 Å². The summed E-state index contributed by atoms with van der Waals surface area (Å²) in [5.74, 6) is 2.48. The Morgan fingerprint density at radius 3 is 2.62 bits per heavy atom. The third kappa shape index (κ3) is 3.75. The van der Waals surface area contributed by atoms with Gasteiger partial charge in [-0.3, -0.25) is 4.57 Å². The van der Waals surface area contributed by atoms with Crippen molar-refractivity contribution in [1.29, 1.82) is 0 Å². The molecule has 1 aromatic heterocycles. The molecule has 0 radical (unpaired) electrons. The highest BCUT2D eigenvalue weighted by Crippen LogP contribution is 2.25. The van der Waals surface area contributed by atoms with Gasteiger partial charge in [-0.1, -0.05) is 18.7 Å². The van der Waals surface area contributed by atoms with Gasteiger partial charge in [0.2, 0.25) is 0 Å². The minimum Gasteiger partial charge on any atom is -0.497 e. The molecule has 114 valence electrons. The molecule has 0 fully saturated rings. The molecule has 0 saturated heterocycles. The van der Waals surface area contributed by atoms with Crippen LogP contribution in [0, 0.1) is 5.92 Å². The highest BCUT2D eigenvalue weighted by atomic mass is 32.2. The van der Waals surface area contributed by atoms with Gasteiger partial charge in [0, 0.05) is 18.0 Å². The average Bonchev–Trinajstić information content (AvgIpc) is 2.95. The average molecular weight is 308 g/mol. The fourth-order valence-electron chi connectivity index (χ4n) is 1.79. The SMILES string of the molecule is COc1ccc(-n2c(CN)nnc2SC[C@H](C)CO)cc1. The van der Waals surface area contributed by atoms with E-state index in [1.165, 1.54) is 0 Å². The fourth-order valence-corrected chi connectivity index (χ4v) is 2.76. The number of methoxy groups -OCH3 is 1. The van der Waals surface area contributed by atoms with E-state index in [0.29, 0.717) is 12.4 Å². The fraction of sp³-hybridized carbons (Fsp3) is 0.429. The summed E-state index contributed by atoms with van der Waals surface area (Å²) in [7, 11) is 1.64. The maximum Gasteiger partial charge on any atom is 0.195 e. The molecule has 1 atom stereocenters. The highest BCUT2D eigenvalue weighted by molar-refractivity contribution is 7.99. The van der Waals surface area contributed by atoms with E-state index in [4.69, 9.17) is 15.6 Å². The number of nitrogens with two attached hydrogens (primary N) is 1. The molecule has 1 aromatic carbocycles. The zero-order valence-corrected chi connectivity index (χ0v) is 13.0. The zero-order chi connectivity index (χ0) is 15.2. The maximum absolute atomic E-state index is 9.12. The first-order chi connectivity index (χ1) is 10.2. The number of thioether (sulfide) groups is 1. The standard InChI is InChI=1S/C14H20N4O2S/c1-10(8-19)9-21-14-17-16-13(7-15)18(14)11-3-5-12(20-2)6-4-11/h3-6,10,19H,7-9,15H2,1-2H3/t10-/m1/s1. The Bertz CT molecular complexity index is 571. The summed E-state index contributed by atoms with van der Waals surface area (Å²) in [6, 6.07) is 7.67. The van der Waals surface area contributed by atoms with Gasteiger partial charge in [-0.05, 0) is 30.2 Å². The van der Waals surface area contributed by atoms with E-state index < -0.39 is 0 Å². The number of hydrogen-bond donors (Lipinski definition) is 2. The van der Waals surface area contributed by atoms with Crippen LogP contribution in [0.5, 0.6) is 5.75 Å². The lowest BCUT2D eigenvalue weighted by molar-refractivity contribution is 0.250. The summed E-state index contributed by atoms with van der Waals surface area (Å²) in [5.41, 5.74) is 6.69. The molecule has 0 aliphatic carbocycles. The molecule has 0 spiro atoms. The summed E-state index contributed by atoms with van der Waals surface area (Å²) in [6.07, 6.45) is 0. The minimum absolute atomic E-state index is 0.160. The molecule has 1 heterocycles. The van der Waals surface area contributed by atoms with Gasteiger partial charge in [0.15, 0.2) is 11.0 Å². The van der Waals surface area contributed by atoms with Crippen molar-refractivity contribution in [2.75, 3.05) is 19.5 Å². The van der Waals surface area contributed by atoms with Crippen LogP contribution in [0.2, 0.25) is 0 Å². The molecule has 21 heavy (non-hydrogen) atoms. The van der Waals surface area contributed by atoms with Gasteiger partial charge < -0.3 is 15.6 Å². The molecule has 7 heteroatoms. The van der Waals surface area contributed by atoms with Gasteiger partial charge in [0.25, 0.3) is 0 Å². The first-order valence-electron chi connectivity index (χ1n) is 6.72. The van der Waals surface area contributed by atoms with E-state index in [0.717, 1.165) is 22.3 Å². The Labute approximate surface area is 128 Å². The summed E-state index contributed by atoms with van der Waals surface area (Å²) >= 11 is 1.56. The Morgan fingerprint density at radius 2 is 2.05 bits per heavy atom. The number of ether oxygens (including phenoxy) is 1. The predicted octanol–water partition coefficient (Wildman–Crippen LogP) is 1.46. The topological polar surface area (TPSA) is 86.2 Å². The van der Waals surface area contributed by atoms with Crippen LogP contribution in [-0.2, 0) is 6.54 Å². The van der Waals surface area contributed by atoms with E-state index in [9.17, 15) is 0 Å². The summed E-state index contributed by atoms with van der Waals surface area (Å²) < 4.78 is 7.11. The van der Waals surface area contributed by atoms with Gasteiger partial charge in [-0.25, -0.2) is 0 Å². The number of rotatable bonds is 7. The monoisotopic (exact) mass is 308 g/mol. The summed E-state index contributed by atoms with van der Waals surface area (Å²) in [5, 5.41) is 18.2. The Hall–Kier alpha value is -1.57. The number of hydrogen-bond acceptors (Lipinski definition) is 6. The van der Waals surface area contributed by atoms with Crippen molar-refractivity contribution in [1.82, 2.24) is 14.8 Å².